The Kier molecular flexibility index (Phi) is 4.32. The van der Waals surface area contributed by atoms with Crippen molar-refractivity contribution in [3.63, 3.8) is 0 Å². The van der Waals surface area contributed by atoms with Gasteiger partial charge in [-0.1, -0.05) is 35.9 Å². The third kappa shape index (κ3) is 3.12. The summed E-state index contributed by atoms with van der Waals surface area (Å²) in [6, 6.07) is 10.1. The van der Waals surface area contributed by atoms with E-state index < -0.39 is 16.8 Å². The Bertz CT molecular complexity index is 649. The van der Waals surface area contributed by atoms with Gasteiger partial charge in [0.15, 0.2) is 0 Å². The van der Waals surface area contributed by atoms with Crippen molar-refractivity contribution in [1.82, 2.24) is 0 Å². The molecule has 1 unspecified atom stereocenters. The van der Waals surface area contributed by atoms with Gasteiger partial charge in [-0.15, -0.1) is 0 Å². The fourth-order valence-corrected chi connectivity index (χ4v) is 2.15. The van der Waals surface area contributed by atoms with E-state index in [9.17, 15) is 14.5 Å². The summed E-state index contributed by atoms with van der Waals surface area (Å²) in [5, 5.41) is 10.9. The number of nitrogens with zero attached hydrogens (tertiary/aromatic N) is 1. The molecule has 0 radical (unpaired) electrons. The highest BCUT2D eigenvalue weighted by atomic mass is 35.5. The third-order valence-electron chi connectivity index (χ3n) is 3.00. The van der Waals surface area contributed by atoms with Crippen molar-refractivity contribution >= 4 is 17.3 Å². The van der Waals surface area contributed by atoms with Gasteiger partial charge >= 0.3 is 0 Å². The summed E-state index contributed by atoms with van der Waals surface area (Å²) in [5.41, 5.74) is 7.20. The van der Waals surface area contributed by atoms with E-state index in [-0.39, 0.29) is 17.1 Å². The topological polar surface area (TPSA) is 69.2 Å². The van der Waals surface area contributed by atoms with Crippen molar-refractivity contribution in [3.05, 3.63) is 74.5 Å². The molecule has 0 aliphatic heterocycles. The molecule has 0 aliphatic carbocycles. The van der Waals surface area contributed by atoms with E-state index in [0.29, 0.717) is 11.1 Å². The van der Waals surface area contributed by atoms with Gasteiger partial charge in [-0.3, -0.25) is 10.1 Å². The van der Waals surface area contributed by atoms with Crippen LogP contribution in [0.4, 0.5) is 10.1 Å². The molecule has 4 nitrogen and oxygen atoms in total. The maximum Gasteiger partial charge on any atom is 0.272 e. The summed E-state index contributed by atoms with van der Waals surface area (Å²) in [7, 11) is 0. The van der Waals surface area contributed by atoms with Crippen molar-refractivity contribution in [3.8, 4) is 0 Å². The zero-order valence-corrected chi connectivity index (χ0v) is 11.2. The number of nitro benzene ring substituents is 1. The number of nitro groups is 1. The summed E-state index contributed by atoms with van der Waals surface area (Å²) in [6.07, 6.45) is 0.277. The van der Waals surface area contributed by atoms with Crippen LogP contribution >= 0.6 is 11.6 Å². The van der Waals surface area contributed by atoms with Crippen molar-refractivity contribution in [1.29, 1.82) is 0 Å². The normalized spacial score (nSPS) is 12.2. The predicted molar refractivity (Wildman–Crippen MR) is 75.1 cm³/mol. The highest BCUT2D eigenvalue weighted by molar-refractivity contribution is 6.30. The molecule has 0 amide bonds. The second-order valence-electron chi connectivity index (χ2n) is 4.37. The quantitative estimate of drug-likeness (QED) is 0.691. The van der Waals surface area contributed by atoms with Crippen LogP contribution in [0.15, 0.2) is 42.5 Å². The average molecular weight is 295 g/mol. The van der Waals surface area contributed by atoms with E-state index in [0.717, 1.165) is 0 Å². The van der Waals surface area contributed by atoms with Crippen LogP contribution in [0.2, 0.25) is 5.02 Å². The number of hydrogen-bond acceptors (Lipinski definition) is 3. The number of rotatable bonds is 4. The highest BCUT2D eigenvalue weighted by Gasteiger charge is 2.17. The summed E-state index contributed by atoms with van der Waals surface area (Å²) in [6.45, 7) is 0. The maximum absolute atomic E-state index is 13.1. The lowest BCUT2D eigenvalue weighted by Crippen LogP contribution is -2.14. The second kappa shape index (κ2) is 5.98. The van der Waals surface area contributed by atoms with Crippen LogP contribution < -0.4 is 5.73 Å². The maximum atomic E-state index is 13.1. The van der Waals surface area contributed by atoms with Crippen LogP contribution in [0.25, 0.3) is 0 Å². The third-order valence-corrected chi connectivity index (χ3v) is 3.29. The first-order valence-electron chi connectivity index (χ1n) is 5.92. The lowest BCUT2D eigenvalue weighted by Gasteiger charge is -2.13. The summed E-state index contributed by atoms with van der Waals surface area (Å²) >= 11 is 5.70. The van der Waals surface area contributed by atoms with Crippen LogP contribution in [-0.2, 0) is 6.42 Å². The SMILES string of the molecule is NC(Cc1ccccc1[N+](=O)[O-])c1ccc(F)c(Cl)c1. The summed E-state index contributed by atoms with van der Waals surface area (Å²) < 4.78 is 13.1. The molecule has 2 rings (SSSR count). The van der Waals surface area contributed by atoms with E-state index in [1.165, 1.54) is 24.3 Å². The van der Waals surface area contributed by atoms with Gasteiger partial charge in [0, 0.05) is 17.7 Å². The first-order chi connectivity index (χ1) is 9.49. The molecule has 2 N–H and O–H groups in total. The van der Waals surface area contributed by atoms with E-state index >= 15 is 0 Å². The fourth-order valence-electron chi connectivity index (χ4n) is 1.96. The number of halogens is 2. The molecule has 0 spiro atoms. The van der Waals surface area contributed by atoms with Gasteiger partial charge < -0.3 is 5.73 Å². The van der Waals surface area contributed by atoms with Gasteiger partial charge in [0.1, 0.15) is 5.82 Å². The van der Waals surface area contributed by atoms with E-state index in [4.69, 9.17) is 17.3 Å². The van der Waals surface area contributed by atoms with Crippen molar-refractivity contribution in [2.24, 2.45) is 5.73 Å². The number of para-hydroxylation sites is 1. The Morgan fingerprint density at radius 2 is 2.00 bits per heavy atom. The fraction of sp³-hybridized carbons (Fsp3) is 0.143. The Labute approximate surface area is 120 Å². The molecule has 20 heavy (non-hydrogen) atoms. The van der Waals surface area contributed by atoms with Crippen LogP contribution in [-0.4, -0.2) is 4.92 Å². The molecule has 0 aromatic heterocycles. The molecule has 0 heterocycles. The summed E-state index contributed by atoms with van der Waals surface area (Å²) in [4.78, 5) is 10.5. The van der Waals surface area contributed by atoms with Gasteiger partial charge in [-0.2, -0.15) is 0 Å². The van der Waals surface area contributed by atoms with Gasteiger partial charge in [0.05, 0.1) is 9.95 Å². The second-order valence-corrected chi connectivity index (χ2v) is 4.78. The Morgan fingerprint density at radius 1 is 1.30 bits per heavy atom. The highest BCUT2D eigenvalue weighted by Crippen LogP contribution is 2.25. The van der Waals surface area contributed by atoms with E-state index in [1.54, 1.807) is 18.2 Å². The van der Waals surface area contributed by atoms with Gasteiger partial charge in [0.25, 0.3) is 5.69 Å². The lowest BCUT2D eigenvalue weighted by atomic mass is 9.98. The minimum absolute atomic E-state index is 0.0134. The van der Waals surface area contributed by atoms with E-state index in [1.807, 2.05) is 0 Å². The average Bonchev–Trinajstić information content (AvgIpc) is 2.42. The number of nitrogens with two attached hydrogens (primary N) is 1. The summed E-state index contributed by atoms with van der Waals surface area (Å²) in [5.74, 6) is -0.520. The zero-order valence-electron chi connectivity index (χ0n) is 10.4. The zero-order chi connectivity index (χ0) is 14.7. The molecule has 0 saturated carbocycles. The van der Waals surface area contributed by atoms with Gasteiger partial charge in [-0.05, 0) is 24.1 Å². The monoisotopic (exact) mass is 294 g/mol. The van der Waals surface area contributed by atoms with Crippen LogP contribution in [0.5, 0.6) is 0 Å². The van der Waals surface area contributed by atoms with E-state index in [2.05, 4.69) is 0 Å². The lowest BCUT2D eigenvalue weighted by molar-refractivity contribution is -0.385. The predicted octanol–water partition coefficient (Wildman–Crippen LogP) is 3.63. The molecule has 0 bridgehead atoms. The molecule has 6 heteroatoms. The molecular formula is C14H12ClFN2O2. The van der Waals surface area contributed by atoms with Crippen LogP contribution in [0.1, 0.15) is 17.2 Å². The molecule has 2 aromatic rings. The standard InChI is InChI=1S/C14H12ClFN2O2/c15-11-7-9(5-6-12(11)16)13(17)8-10-3-1-2-4-14(10)18(19)20/h1-7,13H,8,17H2. The van der Waals surface area contributed by atoms with Gasteiger partial charge in [0.2, 0.25) is 0 Å². The molecule has 0 aliphatic rings. The van der Waals surface area contributed by atoms with Crippen molar-refractivity contribution in [2.75, 3.05) is 0 Å². The van der Waals surface area contributed by atoms with Crippen LogP contribution in [0, 0.1) is 15.9 Å². The van der Waals surface area contributed by atoms with Crippen LogP contribution in [0.3, 0.4) is 0 Å². The largest absolute Gasteiger partial charge is 0.324 e. The molecule has 1 atom stereocenters. The first kappa shape index (κ1) is 14.4. The first-order valence-corrected chi connectivity index (χ1v) is 6.29. The number of hydrogen-bond donors (Lipinski definition) is 1. The Balaban J connectivity index is 2.25. The smallest absolute Gasteiger partial charge is 0.272 e. The van der Waals surface area contributed by atoms with Gasteiger partial charge in [-0.25, -0.2) is 4.39 Å². The van der Waals surface area contributed by atoms with Crippen molar-refractivity contribution < 1.29 is 9.31 Å². The van der Waals surface area contributed by atoms with Crippen molar-refractivity contribution in [2.45, 2.75) is 12.5 Å². The minimum Gasteiger partial charge on any atom is -0.324 e. The Hall–Kier alpha value is -1.98. The molecule has 2 aromatic carbocycles. The minimum atomic E-state index is -0.520. The molecule has 104 valence electrons. The molecule has 0 fully saturated rings. The number of benzene rings is 2. The molecule has 0 saturated heterocycles. The Morgan fingerprint density at radius 3 is 2.65 bits per heavy atom. The molecular weight excluding hydrogens is 283 g/mol.